The number of sulfonamides is 2. The number of hydrogen-bond acceptors (Lipinski definition) is 5. The van der Waals surface area contributed by atoms with Crippen LogP contribution in [0.15, 0.2) is 34.1 Å². The van der Waals surface area contributed by atoms with Crippen LogP contribution in [0.2, 0.25) is 0 Å². The fourth-order valence-electron chi connectivity index (χ4n) is 3.91. The Morgan fingerprint density at radius 1 is 0.828 bits per heavy atom. The highest BCUT2D eigenvalue weighted by molar-refractivity contribution is 7.89. The number of hydrogen-bond donors (Lipinski definition) is 0. The first-order valence-electron chi connectivity index (χ1n) is 9.98. The zero-order chi connectivity index (χ0) is 21.2. The third kappa shape index (κ3) is 4.65. The molecule has 0 aromatic heterocycles. The highest BCUT2D eigenvalue weighted by Gasteiger charge is 2.32. The summed E-state index contributed by atoms with van der Waals surface area (Å²) < 4.78 is 54.2. The van der Waals surface area contributed by atoms with E-state index in [0.717, 1.165) is 19.3 Å². The van der Waals surface area contributed by atoms with Crippen molar-refractivity contribution < 1.29 is 21.6 Å². The number of rotatable bonds is 5. The molecule has 0 N–H and O–H groups in total. The maximum atomic E-state index is 12.9. The number of piperidine rings is 2. The van der Waals surface area contributed by atoms with Crippen LogP contribution in [-0.4, -0.2) is 75.5 Å². The van der Waals surface area contributed by atoms with Crippen LogP contribution >= 0.6 is 0 Å². The van der Waals surface area contributed by atoms with E-state index < -0.39 is 20.0 Å². The van der Waals surface area contributed by atoms with Gasteiger partial charge in [0.05, 0.1) is 9.79 Å². The number of nitrogens with zero attached hydrogens (tertiary/aromatic N) is 3. The van der Waals surface area contributed by atoms with Crippen molar-refractivity contribution in [2.75, 3.05) is 33.2 Å². The van der Waals surface area contributed by atoms with Gasteiger partial charge < -0.3 is 4.90 Å². The third-order valence-corrected chi connectivity index (χ3v) is 9.71. The lowest BCUT2D eigenvalue weighted by Crippen LogP contribution is -2.46. The predicted molar refractivity (Wildman–Crippen MR) is 109 cm³/mol. The van der Waals surface area contributed by atoms with Gasteiger partial charge in [0.1, 0.15) is 0 Å². The van der Waals surface area contributed by atoms with E-state index in [-0.39, 0.29) is 21.7 Å². The molecule has 0 spiro atoms. The molecule has 8 nitrogen and oxygen atoms in total. The molecule has 2 aliphatic heterocycles. The smallest absolute Gasteiger partial charge is 0.243 e. The van der Waals surface area contributed by atoms with Crippen molar-refractivity contribution in [3.8, 4) is 0 Å². The highest BCUT2D eigenvalue weighted by atomic mass is 32.2. The normalized spacial score (nSPS) is 20.5. The summed E-state index contributed by atoms with van der Waals surface area (Å²) in [4.78, 5) is 13.4. The van der Waals surface area contributed by atoms with Crippen molar-refractivity contribution >= 4 is 26.0 Å². The van der Waals surface area contributed by atoms with Crippen LogP contribution < -0.4 is 0 Å². The second-order valence-electron chi connectivity index (χ2n) is 7.70. The average Bonchev–Trinajstić information content (AvgIpc) is 2.74. The van der Waals surface area contributed by atoms with Crippen molar-refractivity contribution in [2.24, 2.45) is 0 Å². The van der Waals surface area contributed by atoms with E-state index in [1.54, 1.807) is 11.9 Å². The van der Waals surface area contributed by atoms with E-state index in [0.29, 0.717) is 39.0 Å². The summed E-state index contributed by atoms with van der Waals surface area (Å²) in [5, 5.41) is 0. The van der Waals surface area contributed by atoms with Crippen LogP contribution in [0.1, 0.15) is 39.0 Å². The van der Waals surface area contributed by atoms with E-state index in [2.05, 4.69) is 0 Å². The first-order valence-corrected chi connectivity index (χ1v) is 12.9. The van der Waals surface area contributed by atoms with Gasteiger partial charge in [0.25, 0.3) is 0 Å². The van der Waals surface area contributed by atoms with Gasteiger partial charge in [0, 0.05) is 46.2 Å². The summed E-state index contributed by atoms with van der Waals surface area (Å²) in [5.74, 6) is -0.0307. The number of benzene rings is 1. The molecule has 0 atom stereocenters. The van der Waals surface area contributed by atoms with Crippen LogP contribution in [0.4, 0.5) is 0 Å². The Bertz CT molecular complexity index is 931. The molecular weight excluding hydrogens is 414 g/mol. The quantitative estimate of drug-likeness (QED) is 0.687. The Morgan fingerprint density at radius 3 is 1.66 bits per heavy atom. The average molecular weight is 444 g/mol. The minimum absolute atomic E-state index is 0.0307. The standard InChI is InChI=1S/C19H29N3O5S2/c1-16(23)20(2)17-10-14-22(15-11-17)29(26,27)19-8-6-18(7-9-19)28(24,25)21-12-4-3-5-13-21/h6-9,17H,3-5,10-15H2,1-2H3. The van der Waals surface area contributed by atoms with E-state index in [9.17, 15) is 21.6 Å². The lowest BCUT2D eigenvalue weighted by atomic mass is 10.1. The van der Waals surface area contributed by atoms with Crippen molar-refractivity contribution in [1.82, 2.24) is 13.5 Å². The zero-order valence-electron chi connectivity index (χ0n) is 17.0. The highest BCUT2D eigenvalue weighted by Crippen LogP contribution is 2.25. The molecule has 162 valence electrons. The predicted octanol–water partition coefficient (Wildman–Crippen LogP) is 1.49. The molecule has 2 saturated heterocycles. The van der Waals surface area contributed by atoms with Gasteiger partial charge >= 0.3 is 0 Å². The Morgan fingerprint density at radius 2 is 1.24 bits per heavy atom. The SMILES string of the molecule is CC(=O)N(C)C1CCN(S(=O)(=O)c2ccc(S(=O)(=O)N3CCCCC3)cc2)CC1. The molecule has 0 bridgehead atoms. The van der Waals surface area contributed by atoms with Gasteiger partial charge in [-0.15, -0.1) is 0 Å². The van der Waals surface area contributed by atoms with E-state index in [4.69, 9.17) is 0 Å². The van der Waals surface area contributed by atoms with Crippen molar-refractivity contribution in [3.05, 3.63) is 24.3 Å². The molecule has 1 aromatic carbocycles. The minimum atomic E-state index is -3.70. The van der Waals surface area contributed by atoms with Gasteiger partial charge in [-0.2, -0.15) is 8.61 Å². The number of carbonyl (C=O) groups excluding carboxylic acids is 1. The molecule has 2 fully saturated rings. The van der Waals surface area contributed by atoms with Gasteiger partial charge in [-0.3, -0.25) is 4.79 Å². The molecule has 0 radical (unpaired) electrons. The van der Waals surface area contributed by atoms with Gasteiger partial charge in [0.15, 0.2) is 0 Å². The van der Waals surface area contributed by atoms with Gasteiger partial charge in [-0.05, 0) is 49.9 Å². The molecule has 2 aliphatic rings. The summed E-state index contributed by atoms with van der Waals surface area (Å²) in [6.45, 7) is 3.18. The monoisotopic (exact) mass is 443 g/mol. The third-order valence-electron chi connectivity index (χ3n) is 5.88. The topological polar surface area (TPSA) is 95.1 Å². The van der Waals surface area contributed by atoms with Gasteiger partial charge in [-0.25, -0.2) is 16.8 Å². The molecular formula is C19H29N3O5S2. The second-order valence-corrected chi connectivity index (χ2v) is 11.6. The summed E-state index contributed by atoms with van der Waals surface area (Å²) in [6, 6.07) is 5.55. The fraction of sp³-hybridized carbons (Fsp3) is 0.632. The Hall–Kier alpha value is -1.49. The van der Waals surface area contributed by atoms with Crippen LogP contribution in [-0.2, 0) is 24.8 Å². The Kier molecular flexibility index (Phi) is 6.67. The fourth-order valence-corrected chi connectivity index (χ4v) is 6.90. The molecule has 3 rings (SSSR count). The van der Waals surface area contributed by atoms with Crippen LogP contribution in [0.25, 0.3) is 0 Å². The summed E-state index contributed by atoms with van der Waals surface area (Å²) >= 11 is 0. The maximum Gasteiger partial charge on any atom is 0.243 e. The zero-order valence-corrected chi connectivity index (χ0v) is 18.6. The van der Waals surface area contributed by atoms with E-state index in [1.165, 1.54) is 39.8 Å². The molecule has 1 amide bonds. The summed E-state index contributed by atoms with van der Waals surface area (Å²) in [7, 11) is -5.55. The van der Waals surface area contributed by atoms with Gasteiger partial charge in [-0.1, -0.05) is 6.42 Å². The van der Waals surface area contributed by atoms with E-state index >= 15 is 0 Å². The minimum Gasteiger partial charge on any atom is -0.343 e. The molecule has 0 saturated carbocycles. The van der Waals surface area contributed by atoms with Crippen molar-refractivity contribution in [1.29, 1.82) is 0 Å². The first-order chi connectivity index (χ1) is 13.6. The van der Waals surface area contributed by atoms with E-state index in [1.807, 2.05) is 0 Å². The summed E-state index contributed by atoms with van der Waals surface area (Å²) in [6.07, 6.45) is 3.89. The van der Waals surface area contributed by atoms with Crippen LogP contribution in [0, 0.1) is 0 Å². The first kappa shape index (κ1) is 22.2. The molecule has 29 heavy (non-hydrogen) atoms. The maximum absolute atomic E-state index is 12.9. The largest absolute Gasteiger partial charge is 0.343 e. The number of carbonyl (C=O) groups is 1. The molecule has 2 heterocycles. The van der Waals surface area contributed by atoms with Crippen LogP contribution in [0.3, 0.4) is 0 Å². The summed E-state index contributed by atoms with van der Waals surface area (Å²) in [5.41, 5.74) is 0. The van der Waals surface area contributed by atoms with Crippen molar-refractivity contribution in [2.45, 2.75) is 54.9 Å². The Balaban J connectivity index is 1.71. The van der Waals surface area contributed by atoms with Crippen LogP contribution in [0.5, 0.6) is 0 Å². The molecule has 0 unspecified atom stereocenters. The number of amides is 1. The van der Waals surface area contributed by atoms with Gasteiger partial charge in [0.2, 0.25) is 26.0 Å². The molecule has 0 aliphatic carbocycles. The second kappa shape index (κ2) is 8.71. The van der Waals surface area contributed by atoms with Crippen molar-refractivity contribution in [3.63, 3.8) is 0 Å². The lowest BCUT2D eigenvalue weighted by Gasteiger charge is -2.35. The molecule has 1 aromatic rings. The molecule has 10 heteroatoms. The lowest BCUT2D eigenvalue weighted by molar-refractivity contribution is -0.130. The Labute approximate surface area is 173 Å².